The number of hydrogen-bond donors (Lipinski definition) is 1. The van der Waals surface area contributed by atoms with Crippen LogP contribution in [0.1, 0.15) is 0 Å². The number of ether oxygens (including phenoxy) is 3. The van der Waals surface area contributed by atoms with Crippen LogP contribution in [0.4, 0.5) is 0 Å². The van der Waals surface area contributed by atoms with Crippen LogP contribution < -0.4 is 34.7 Å². The van der Waals surface area contributed by atoms with E-state index < -0.39 is 12.6 Å². The van der Waals surface area contributed by atoms with Crippen LogP contribution in [0.5, 0.6) is 0 Å². The topological polar surface area (TPSA) is 88.1 Å². The van der Waals surface area contributed by atoms with Gasteiger partial charge >= 0.3 is 29.6 Å². The Bertz CT molecular complexity index is 143. The molecule has 0 unspecified atom stereocenters. The molecule has 0 aliphatic heterocycles. The summed E-state index contributed by atoms with van der Waals surface area (Å²) < 4.78 is 14.6. The summed E-state index contributed by atoms with van der Waals surface area (Å²) >= 11 is 0. The van der Waals surface area contributed by atoms with Crippen LogP contribution in [-0.4, -0.2) is 57.3 Å². The Morgan fingerprint density at radius 3 is 1.93 bits per heavy atom. The molecule has 6 nitrogen and oxygen atoms in total. The zero-order valence-electron chi connectivity index (χ0n) is 8.94. The molecule has 0 saturated carbocycles. The summed E-state index contributed by atoms with van der Waals surface area (Å²) in [5.74, 6) is -1.24. The Labute approximate surface area is 111 Å². The second-order valence-corrected chi connectivity index (χ2v) is 2.37. The number of carboxylic acids is 1. The van der Waals surface area contributed by atoms with Crippen molar-refractivity contribution in [3.8, 4) is 0 Å². The van der Waals surface area contributed by atoms with Gasteiger partial charge in [-0.15, -0.1) is 0 Å². The minimum Gasteiger partial charge on any atom is -0.548 e. The first-order chi connectivity index (χ1) is 6.77. The molecule has 0 heterocycles. The number of aliphatic hydroxyl groups excluding tert-OH is 1. The summed E-state index contributed by atoms with van der Waals surface area (Å²) in [6, 6.07) is 0. The Morgan fingerprint density at radius 1 is 1.00 bits per heavy atom. The van der Waals surface area contributed by atoms with E-state index in [9.17, 15) is 9.90 Å². The average Bonchev–Trinajstić information content (AvgIpc) is 2.15. The number of hydrogen-bond acceptors (Lipinski definition) is 6. The van der Waals surface area contributed by atoms with E-state index in [1.165, 1.54) is 0 Å². The van der Waals surface area contributed by atoms with Gasteiger partial charge in [0.2, 0.25) is 0 Å². The van der Waals surface area contributed by atoms with Gasteiger partial charge in [0, 0.05) is 0 Å². The SMILES string of the molecule is O=C([O-])COCCOCCOCCO.[Na+]. The summed E-state index contributed by atoms with van der Waals surface area (Å²) in [7, 11) is 0. The van der Waals surface area contributed by atoms with Crippen molar-refractivity contribution < 1.29 is 58.8 Å². The smallest absolute Gasteiger partial charge is 0.548 e. The number of aliphatic hydroxyl groups is 1. The molecule has 0 bridgehead atoms. The van der Waals surface area contributed by atoms with E-state index in [2.05, 4.69) is 4.74 Å². The molecular weight excluding hydrogens is 215 g/mol. The van der Waals surface area contributed by atoms with Gasteiger partial charge in [0.15, 0.2) is 0 Å². The zero-order chi connectivity index (χ0) is 10.6. The van der Waals surface area contributed by atoms with Gasteiger partial charge in [-0.25, -0.2) is 0 Å². The standard InChI is InChI=1S/C8H16O6.Na/c9-1-2-12-3-4-13-5-6-14-7-8(10)11;/h9H,1-7H2,(H,10,11);/q;+1/p-1. The van der Waals surface area contributed by atoms with Gasteiger partial charge in [0.1, 0.15) is 0 Å². The fourth-order valence-electron chi connectivity index (χ4n) is 0.660. The molecule has 0 rings (SSSR count). The average molecular weight is 230 g/mol. The Hall–Kier alpha value is 0.310. The normalized spacial score (nSPS) is 9.67. The van der Waals surface area contributed by atoms with Crippen molar-refractivity contribution in [2.75, 3.05) is 46.2 Å². The van der Waals surface area contributed by atoms with Gasteiger partial charge in [0.05, 0.1) is 52.2 Å². The summed E-state index contributed by atoms with van der Waals surface area (Å²) in [5, 5.41) is 18.2. The quantitative estimate of drug-likeness (QED) is 0.298. The van der Waals surface area contributed by atoms with E-state index in [1.54, 1.807) is 0 Å². The van der Waals surface area contributed by atoms with Crippen molar-refractivity contribution in [1.82, 2.24) is 0 Å². The fraction of sp³-hybridized carbons (Fsp3) is 0.875. The molecule has 0 aliphatic rings. The Kier molecular flexibility index (Phi) is 16.9. The molecule has 7 heteroatoms. The number of rotatable bonds is 10. The van der Waals surface area contributed by atoms with Gasteiger partial charge in [-0.05, 0) is 0 Å². The number of carboxylic acid groups (broad SMARTS) is 1. The van der Waals surface area contributed by atoms with E-state index in [0.717, 1.165) is 0 Å². The van der Waals surface area contributed by atoms with Crippen molar-refractivity contribution in [3.05, 3.63) is 0 Å². The van der Waals surface area contributed by atoms with Gasteiger partial charge in [-0.1, -0.05) is 0 Å². The van der Waals surface area contributed by atoms with Crippen LogP contribution in [0.15, 0.2) is 0 Å². The first-order valence-electron chi connectivity index (χ1n) is 4.31. The van der Waals surface area contributed by atoms with Gasteiger partial charge < -0.3 is 29.2 Å². The summed E-state index contributed by atoms with van der Waals surface area (Å²) in [5.41, 5.74) is 0. The summed E-state index contributed by atoms with van der Waals surface area (Å²) in [6.07, 6.45) is 0. The molecule has 0 saturated heterocycles. The van der Waals surface area contributed by atoms with E-state index in [0.29, 0.717) is 26.4 Å². The van der Waals surface area contributed by atoms with Crippen LogP contribution in [0.25, 0.3) is 0 Å². The van der Waals surface area contributed by atoms with Crippen LogP contribution in [0.3, 0.4) is 0 Å². The van der Waals surface area contributed by atoms with Crippen molar-refractivity contribution in [2.45, 2.75) is 0 Å². The maximum atomic E-state index is 9.89. The third kappa shape index (κ3) is 17.0. The second-order valence-electron chi connectivity index (χ2n) is 2.37. The molecule has 0 fully saturated rings. The van der Waals surface area contributed by atoms with Gasteiger partial charge in [0.25, 0.3) is 0 Å². The van der Waals surface area contributed by atoms with E-state index >= 15 is 0 Å². The third-order valence-corrected chi connectivity index (χ3v) is 1.20. The summed E-state index contributed by atoms with van der Waals surface area (Å²) in [6.45, 7) is 1.21. The molecule has 0 amide bonds. The zero-order valence-corrected chi connectivity index (χ0v) is 10.9. The minimum absolute atomic E-state index is 0. The maximum absolute atomic E-state index is 9.89. The molecule has 0 atom stereocenters. The molecular formula is C8H15NaO6. The minimum atomic E-state index is -1.24. The first kappa shape index (κ1) is 17.7. The van der Waals surface area contributed by atoms with Crippen molar-refractivity contribution >= 4 is 5.97 Å². The molecule has 84 valence electrons. The largest absolute Gasteiger partial charge is 1.00 e. The molecule has 1 N–H and O–H groups in total. The van der Waals surface area contributed by atoms with E-state index in [1.807, 2.05) is 0 Å². The van der Waals surface area contributed by atoms with Crippen LogP contribution in [0.2, 0.25) is 0 Å². The van der Waals surface area contributed by atoms with Crippen LogP contribution >= 0.6 is 0 Å². The molecule has 0 radical (unpaired) electrons. The Morgan fingerprint density at radius 2 is 1.47 bits per heavy atom. The van der Waals surface area contributed by atoms with Crippen molar-refractivity contribution in [2.24, 2.45) is 0 Å². The van der Waals surface area contributed by atoms with Gasteiger partial charge in [-0.3, -0.25) is 0 Å². The summed E-state index contributed by atoms with van der Waals surface area (Å²) in [4.78, 5) is 9.89. The molecule has 0 aromatic heterocycles. The van der Waals surface area contributed by atoms with E-state index in [4.69, 9.17) is 14.6 Å². The molecule has 15 heavy (non-hydrogen) atoms. The molecule has 0 aromatic carbocycles. The fourth-order valence-corrected chi connectivity index (χ4v) is 0.660. The van der Waals surface area contributed by atoms with Gasteiger partial charge in [-0.2, -0.15) is 0 Å². The predicted molar refractivity (Wildman–Crippen MR) is 44.5 cm³/mol. The number of carbonyl (C=O) groups is 1. The van der Waals surface area contributed by atoms with Crippen LogP contribution in [-0.2, 0) is 19.0 Å². The molecule has 0 aliphatic carbocycles. The maximum Gasteiger partial charge on any atom is 1.00 e. The predicted octanol–water partition coefficient (Wildman–Crippen LogP) is -5.22. The second kappa shape index (κ2) is 14.3. The number of carbonyl (C=O) groups excluding carboxylic acids is 1. The number of aliphatic carboxylic acids is 1. The Balaban J connectivity index is 0. The molecule has 0 aromatic rings. The molecule has 0 spiro atoms. The van der Waals surface area contributed by atoms with Crippen molar-refractivity contribution in [1.29, 1.82) is 0 Å². The van der Waals surface area contributed by atoms with E-state index in [-0.39, 0.29) is 42.8 Å². The first-order valence-corrected chi connectivity index (χ1v) is 4.31. The van der Waals surface area contributed by atoms with Crippen LogP contribution in [0, 0.1) is 0 Å². The van der Waals surface area contributed by atoms with Crippen molar-refractivity contribution in [3.63, 3.8) is 0 Å². The monoisotopic (exact) mass is 230 g/mol. The third-order valence-electron chi connectivity index (χ3n) is 1.20.